The van der Waals surface area contributed by atoms with Crippen LogP contribution in [0, 0.1) is 23.3 Å². The Balaban J connectivity index is 2.22. The Morgan fingerprint density at radius 2 is 2.12 bits per heavy atom. The van der Waals surface area contributed by atoms with Gasteiger partial charge in [-0.05, 0) is 36.3 Å². The van der Waals surface area contributed by atoms with Crippen LogP contribution in [-0.2, 0) is 0 Å². The third-order valence-corrected chi connectivity index (χ3v) is 4.23. The Morgan fingerprint density at radius 3 is 2.65 bits per heavy atom. The Hall–Kier alpha value is -2.88. The van der Waals surface area contributed by atoms with Gasteiger partial charge in [-0.25, -0.2) is 8.78 Å². The van der Waals surface area contributed by atoms with Crippen molar-refractivity contribution >= 4 is 18.1 Å². The summed E-state index contributed by atoms with van der Waals surface area (Å²) in [5.41, 5.74) is 6.20. The van der Waals surface area contributed by atoms with Crippen molar-refractivity contribution in [3.05, 3.63) is 51.8 Å². The zero-order valence-corrected chi connectivity index (χ0v) is 14.7. The van der Waals surface area contributed by atoms with Gasteiger partial charge in [0.15, 0.2) is 16.4 Å². The molecule has 26 heavy (non-hydrogen) atoms. The number of aromatic nitrogens is 4. The van der Waals surface area contributed by atoms with E-state index in [2.05, 4.69) is 15.2 Å². The first-order valence-electron chi connectivity index (χ1n) is 7.73. The summed E-state index contributed by atoms with van der Waals surface area (Å²) in [6.45, 7) is 3.42. The van der Waals surface area contributed by atoms with Gasteiger partial charge >= 0.3 is 0 Å². The lowest BCUT2D eigenvalue weighted by molar-refractivity contribution is 0.0990. The number of hydrogen-bond donors (Lipinski definition) is 2. The molecule has 0 aliphatic carbocycles. The topological polar surface area (TPSA) is 103 Å². The van der Waals surface area contributed by atoms with Crippen molar-refractivity contribution in [1.82, 2.24) is 19.7 Å². The summed E-state index contributed by atoms with van der Waals surface area (Å²) in [7, 11) is 0. The van der Waals surface area contributed by atoms with Gasteiger partial charge in [0, 0.05) is 6.92 Å². The second-order valence-electron chi connectivity index (χ2n) is 5.61. The van der Waals surface area contributed by atoms with Crippen LogP contribution in [-0.4, -0.2) is 25.7 Å². The second kappa shape index (κ2) is 6.79. The van der Waals surface area contributed by atoms with Gasteiger partial charge in [0.1, 0.15) is 11.4 Å². The highest BCUT2D eigenvalue weighted by Crippen LogP contribution is 2.30. The number of benzene rings is 1. The van der Waals surface area contributed by atoms with Gasteiger partial charge in [0.2, 0.25) is 5.89 Å². The van der Waals surface area contributed by atoms with Crippen molar-refractivity contribution in [2.75, 3.05) is 0 Å². The van der Waals surface area contributed by atoms with E-state index in [1.807, 2.05) is 6.92 Å². The molecule has 7 nitrogen and oxygen atoms in total. The largest absolute Gasteiger partial charge is 0.420 e. The Kier molecular flexibility index (Phi) is 4.68. The van der Waals surface area contributed by atoms with Gasteiger partial charge in [-0.15, -0.1) is 10.2 Å². The van der Waals surface area contributed by atoms with Crippen molar-refractivity contribution in [2.24, 2.45) is 5.73 Å². The molecule has 2 aromatic heterocycles. The molecular formula is C16H15F2N5O2S. The third-order valence-electron chi connectivity index (χ3n) is 3.93. The highest BCUT2D eigenvalue weighted by molar-refractivity contribution is 7.71. The number of aryl methyl sites for hydroxylation is 1. The van der Waals surface area contributed by atoms with Gasteiger partial charge in [0.25, 0.3) is 11.8 Å². The summed E-state index contributed by atoms with van der Waals surface area (Å²) in [6, 6.07) is 2.98. The third kappa shape index (κ3) is 3.03. The fourth-order valence-corrected chi connectivity index (χ4v) is 3.15. The van der Waals surface area contributed by atoms with Crippen molar-refractivity contribution in [3.8, 4) is 11.6 Å². The molecule has 1 atom stereocenters. The van der Waals surface area contributed by atoms with E-state index < -0.39 is 23.6 Å². The average Bonchev–Trinajstić information content (AvgIpc) is 3.15. The van der Waals surface area contributed by atoms with Crippen LogP contribution in [0.1, 0.15) is 41.3 Å². The summed E-state index contributed by atoms with van der Waals surface area (Å²) < 4.78 is 33.9. The number of imidazole rings is 1. The zero-order chi connectivity index (χ0) is 19.0. The molecule has 3 aromatic rings. The average molecular weight is 379 g/mol. The number of H-pyrrole nitrogens is 1. The molecule has 3 rings (SSSR count). The number of aromatic amines is 1. The Bertz CT molecular complexity index is 1040. The number of primary amides is 1. The van der Waals surface area contributed by atoms with Gasteiger partial charge in [-0.1, -0.05) is 13.0 Å². The molecule has 1 aromatic carbocycles. The van der Waals surface area contributed by atoms with E-state index in [0.29, 0.717) is 17.9 Å². The molecule has 10 heteroatoms. The number of hydrogen-bond acceptors (Lipinski definition) is 5. The first kappa shape index (κ1) is 17.9. The van der Waals surface area contributed by atoms with Crippen LogP contribution < -0.4 is 5.73 Å². The normalized spacial score (nSPS) is 12.3. The van der Waals surface area contributed by atoms with Crippen molar-refractivity contribution in [3.63, 3.8) is 0 Å². The van der Waals surface area contributed by atoms with E-state index in [-0.39, 0.29) is 22.0 Å². The van der Waals surface area contributed by atoms with Crippen LogP contribution in [0.3, 0.4) is 0 Å². The van der Waals surface area contributed by atoms with Crippen LogP contribution >= 0.6 is 12.2 Å². The van der Waals surface area contributed by atoms with Crippen LogP contribution in [0.25, 0.3) is 11.6 Å². The first-order chi connectivity index (χ1) is 12.3. The zero-order valence-electron chi connectivity index (χ0n) is 13.9. The maximum atomic E-state index is 13.7. The van der Waals surface area contributed by atoms with E-state index in [9.17, 15) is 13.6 Å². The van der Waals surface area contributed by atoms with Crippen LogP contribution in [0.15, 0.2) is 22.6 Å². The molecule has 0 fully saturated rings. The van der Waals surface area contributed by atoms with Crippen molar-refractivity contribution < 1.29 is 18.0 Å². The quantitative estimate of drug-likeness (QED) is 0.662. The first-order valence-corrected chi connectivity index (χ1v) is 8.14. The van der Waals surface area contributed by atoms with Crippen LogP contribution in [0.4, 0.5) is 8.78 Å². The Morgan fingerprint density at radius 1 is 1.38 bits per heavy atom. The lowest BCUT2D eigenvalue weighted by Crippen LogP contribution is -2.22. The maximum Gasteiger partial charge on any atom is 0.267 e. The number of nitrogens with one attached hydrogen (secondary N) is 1. The number of carbonyl (C=O) groups is 1. The minimum atomic E-state index is -0.989. The fourth-order valence-electron chi connectivity index (χ4n) is 2.83. The number of rotatable bonds is 5. The molecule has 0 spiro atoms. The lowest BCUT2D eigenvalue weighted by atomic mass is 10.0. The standard InChI is InChI=1S/C16H15F2N5O2S/c1-3-11(8-4-5-9(17)10(18)6-8)23-13(14(19)24)12(20-16(23)26)15-22-21-7(2)25-15/h4-6,11H,3H2,1-2H3,(H2,19,24)(H,20,26). The van der Waals surface area contributed by atoms with Crippen LogP contribution in [0.2, 0.25) is 0 Å². The molecular weight excluding hydrogens is 364 g/mol. The molecule has 136 valence electrons. The summed E-state index contributed by atoms with van der Waals surface area (Å²) in [5.74, 6) is -2.37. The smallest absolute Gasteiger partial charge is 0.267 e. The number of halogens is 2. The second-order valence-corrected chi connectivity index (χ2v) is 6.00. The maximum absolute atomic E-state index is 13.7. The number of carbonyl (C=O) groups excluding carboxylic acids is 1. The molecule has 0 bridgehead atoms. The van der Waals surface area contributed by atoms with Crippen molar-refractivity contribution in [2.45, 2.75) is 26.3 Å². The number of nitrogens with two attached hydrogens (primary N) is 1. The highest BCUT2D eigenvalue weighted by Gasteiger charge is 2.27. The summed E-state index contributed by atoms with van der Waals surface area (Å²) >= 11 is 5.33. The van der Waals surface area contributed by atoms with Gasteiger partial charge in [0.05, 0.1) is 6.04 Å². The summed E-state index contributed by atoms with van der Waals surface area (Å²) in [4.78, 5) is 15.0. The number of amides is 1. The van der Waals surface area contributed by atoms with E-state index in [0.717, 1.165) is 12.1 Å². The lowest BCUT2D eigenvalue weighted by Gasteiger charge is -2.19. The molecule has 0 aliphatic rings. The molecule has 0 saturated heterocycles. The van der Waals surface area contributed by atoms with E-state index in [4.69, 9.17) is 22.4 Å². The number of nitrogens with zero attached hydrogens (tertiary/aromatic N) is 3. The minimum Gasteiger partial charge on any atom is -0.420 e. The molecule has 1 unspecified atom stereocenters. The molecule has 3 N–H and O–H groups in total. The van der Waals surface area contributed by atoms with Gasteiger partial charge in [-0.2, -0.15) is 0 Å². The van der Waals surface area contributed by atoms with Crippen LogP contribution in [0.5, 0.6) is 0 Å². The highest BCUT2D eigenvalue weighted by atomic mass is 32.1. The van der Waals surface area contributed by atoms with E-state index >= 15 is 0 Å². The van der Waals surface area contributed by atoms with E-state index in [1.165, 1.54) is 10.6 Å². The molecule has 0 aliphatic heterocycles. The predicted molar refractivity (Wildman–Crippen MR) is 91.0 cm³/mol. The molecule has 0 radical (unpaired) electrons. The van der Waals surface area contributed by atoms with Gasteiger partial charge in [-0.3, -0.25) is 4.79 Å². The molecule has 0 saturated carbocycles. The minimum absolute atomic E-state index is 0.0234. The molecule has 2 heterocycles. The van der Waals surface area contributed by atoms with Gasteiger partial charge < -0.3 is 19.7 Å². The SMILES string of the molecule is CCC(c1ccc(F)c(F)c1)n1c(C(N)=O)c(-c2nnc(C)o2)[nH]c1=S. The monoisotopic (exact) mass is 379 g/mol. The summed E-state index contributed by atoms with van der Waals surface area (Å²) in [6.07, 6.45) is 0.444. The summed E-state index contributed by atoms with van der Waals surface area (Å²) in [5, 5.41) is 7.60. The molecule has 1 amide bonds. The predicted octanol–water partition coefficient (Wildman–Crippen LogP) is 3.28. The fraction of sp³-hybridized carbons (Fsp3) is 0.250. The van der Waals surface area contributed by atoms with Crippen molar-refractivity contribution in [1.29, 1.82) is 0 Å². The van der Waals surface area contributed by atoms with E-state index in [1.54, 1.807) is 6.92 Å². The Labute approximate surface area is 151 Å².